The molecule has 0 spiro atoms. The largest absolute Gasteiger partial charge is 1.00 e. The standard InChI is InChI=1S/C23H23Si.2ClH.Ti/c1-2-24(15-8-16-24)23-21-12-6-5-11-19(21)20-14-7-13-18(22(20)23)17-9-3-4-10-17;;;/h3,5-7,9,11-14,23H,2,4,8,15-16H2,1H3;2*1H;/q;;;+2/p-2. The molecule has 1 unspecified atom stereocenters. The van der Waals surface area contributed by atoms with Gasteiger partial charge in [0.2, 0.25) is 0 Å². The molecule has 0 saturated carbocycles. The van der Waals surface area contributed by atoms with Gasteiger partial charge in [-0.3, -0.25) is 0 Å². The third-order valence-electron chi connectivity index (χ3n) is 6.84. The van der Waals surface area contributed by atoms with E-state index in [0.29, 0.717) is 5.54 Å². The molecule has 1 saturated heterocycles. The van der Waals surface area contributed by atoms with E-state index in [0.717, 1.165) is 6.42 Å². The molecule has 0 N–H and O–H groups in total. The Morgan fingerprint density at radius 3 is 2.30 bits per heavy atom. The fraction of sp³-hybridized carbons (Fsp3) is 0.304. The van der Waals surface area contributed by atoms with E-state index in [4.69, 9.17) is 0 Å². The van der Waals surface area contributed by atoms with E-state index in [2.05, 4.69) is 82.0 Å². The van der Waals surface area contributed by atoms with Gasteiger partial charge >= 0.3 is 164 Å². The molecule has 0 aromatic heterocycles. The van der Waals surface area contributed by atoms with Crippen molar-refractivity contribution in [2.45, 2.75) is 43.4 Å². The zero-order valence-corrected chi connectivity index (χ0v) is 19.6. The second-order valence-corrected chi connectivity index (χ2v) is 13.8. The van der Waals surface area contributed by atoms with Crippen LogP contribution in [0.25, 0.3) is 16.7 Å². The van der Waals surface area contributed by atoms with Gasteiger partial charge in [0.1, 0.15) is 0 Å². The summed E-state index contributed by atoms with van der Waals surface area (Å²) in [5, 5.41) is 0. The molecule has 2 aromatic rings. The van der Waals surface area contributed by atoms with Crippen LogP contribution in [0, 0.1) is 0 Å². The molecule has 5 rings (SSSR count). The molecule has 1 heterocycles. The van der Waals surface area contributed by atoms with Gasteiger partial charge in [0.15, 0.2) is 0 Å². The maximum atomic E-state index is 2.47. The van der Waals surface area contributed by atoms with Crippen LogP contribution in [-0.2, 0) is 20.4 Å². The maximum Gasteiger partial charge on any atom is -1.00 e. The summed E-state index contributed by atoms with van der Waals surface area (Å²) in [6.45, 7) is 2.47. The molecular weight excluding hydrogens is 423 g/mol. The van der Waals surface area contributed by atoms with E-state index in [-0.39, 0.29) is 24.8 Å². The Morgan fingerprint density at radius 2 is 1.67 bits per heavy atom. The SMILES string of the molecule is CC[Si]1(C2c3ccccc3-c3cccc(C4=[C]([Ti+2])CC=C4)c32)CCC1.[Cl-].[Cl-]. The molecule has 0 nitrogen and oxygen atoms in total. The van der Waals surface area contributed by atoms with Crippen molar-refractivity contribution >= 4 is 13.6 Å². The second kappa shape index (κ2) is 8.05. The summed E-state index contributed by atoms with van der Waals surface area (Å²) in [5.74, 6) is 0. The summed E-state index contributed by atoms with van der Waals surface area (Å²) in [5.41, 5.74) is 10.1. The van der Waals surface area contributed by atoms with Crippen LogP contribution in [0.3, 0.4) is 0 Å². The van der Waals surface area contributed by atoms with Crippen molar-refractivity contribution in [3.63, 3.8) is 0 Å². The van der Waals surface area contributed by atoms with Crippen LogP contribution in [0.4, 0.5) is 0 Å². The Balaban J connectivity index is 0.00000105. The molecule has 3 aliphatic rings. The van der Waals surface area contributed by atoms with Crippen molar-refractivity contribution in [2.75, 3.05) is 0 Å². The van der Waals surface area contributed by atoms with Crippen molar-refractivity contribution < 1.29 is 45.2 Å². The minimum Gasteiger partial charge on any atom is -1.00 e. The summed E-state index contributed by atoms with van der Waals surface area (Å²) in [7, 11) is -1.24. The van der Waals surface area contributed by atoms with Gasteiger partial charge in [-0.1, -0.05) is 0 Å². The minimum absolute atomic E-state index is 0. The summed E-state index contributed by atoms with van der Waals surface area (Å²) in [4.78, 5) is 0. The monoisotopic (exact) mass is 445 g/mol. The molecule has 4 heteroatoms. The van der Waals surface area contributed by atoms with Gasteiger partial charge < -0.3 is 24.8 Å². The van der Waals surface area contributed by atoms with Gasteiger partial charge in [0.25, 0.3) is 0 Å². The summed E-state index contributed by atoms with van der Waals surface area (Å²) >= 11 is 2.31. The molecule has 0 radical (unpaired) electrons. The zero-order valence-electron chi connectivity index (χ0n) is 15.6. The molecular formula is C23H23Cl2SiTi. The Bertz CT molecular complexity index is 922. The first-order valence-corrected chi connectivity index (χ1v) is 13.1. The smallest absolute Gasteiger partial charge is 1.00 e. The van der Waals surface area contributed by atoms with E-state index in [1.807, 2.05) is 0 Å². The van der Waals surface area contributed by atoms with Crippen LogP contribution in [0.2, 0.25) is 18.1 Å². The Labute approximate surface area is 187 Å². The first-order valence-electron chi connectivity index (χ1n) is 9.59. The summed E-state index contributed by atoms with van der Waals surface area (Å²) in [6.07, 6.45) is 7.27. The fourth-order valence-corrected chi connectivity index (χ4v) is 10.7. The molecule has 1 fully saturated rings. The van der Waals surface area contributed by atoms with Crippen molar-refractivity contribution in [3.05, 3.63) is 75.2 Å². The molecule has 2 aromatic carbocycles. The topological polar surface area (TPSA) is 0 Å². The Hall–Kier alpha value is -0.569. The number of fused-ring (bicyclic) bond motifs is 3. The summed E-state index contributed by atoms with van der Waals surface area (Å²) in [6, 6.07) is 20.8. The Morgan fingerprint density at radius 1 is 0.963 bits per heavy atom. The number of hydrogen-bond donors (Lipinski definition) is 0. The molecule has 1 aliphatic heterocycles. The quantitative estimate of drug-likeness (QED) is 0.601. The minimum atomic E-state index is -1.24. The molecule has 1 atom stereocenters. The normalized spacial score (nSPS) is 21.1. The molecule has 137 valence electrons. The van der Waals surface area contributed by atoms with E-state index >= 15 is 0 Å². The van der Waals surface area contributed by atoms with Crippen LogP contribution >= 0.6 is 0 Å². The van der Waals surface area contributed by atoms with Gasteiger partial charge in [0.05, 0.1) is 0 Å². The first kappa shape index (κ1) is 21.1. The van der Waals surface area contributed by atoms with Crippen LogP contribution < -0.4 is 24.8 Å². The number of allylic oxidation sites excluding steroid dienone is 4. The van der Waals surface area contributed by atoms with Gasteiger partial charge in [-0.05, 0) is 0 Å². The van der Waals surface area contributed by atoms with Gasteiger partial charge in [0, 0.05) is 0 Å². The van der Waals surface area contributed by atoms with Crippen molar-refractivity contribution in [1.82, 2.24) is 0 Å². The van der Waals surface area contributed by atoms with Crippen molar-refractivity contribution in [1.29, 1.82) is 0 Å². The number of rotatable bonds is 3. The molecule has 27 heavy (non-hydrogen) atoms. The first-order chi connectivity index (χ1) is 12.2. The number of benzene rings is 2. The van der Waals surface area contributed by atoms with E-state index in [9.17, 15) is 0 Å². The van der Waals surface area contributed by atoms with E-state index < -0.39 is 8.07 Å². The average molecular weight is 446 g/mol. The fourth-order valence-electron chi connectivity index (χ4n) is 5.37. The molecule has 0 bridgehead atoms. The predicted molar refractivity (Wildman–Crippen MR) is 105 cm³/mol. The van der Waals surface area contributed by atoms with Gasteiger partial charge in [-0.25, -0.2) is 0 Å². The van der Waals surface area contributed by atoms with Crippen molar-refractivity contribution in [2.24, 2.45) is 0 Å². The molecule has 0 amide bonds. The molecule has 2 aliphatic carbocycles. The number of hydrogen-bond acceptors (Lipinski definition) is 0. The summed E-state index contributed by atoms with van der Waals surface area (Å²) < 4.78 is 1.53. The van der Waals surface area contributed by atoms with E-state index in [1.54, 1.807) is 11.1 Å². The van der Waals surface area contributed by atoms with Crippen LogP contribution in [0.15, 0.2) is 58.5 Å². The van der Waals surface area contributed by atoms with E-state index in [1.165, 1.54) is 50.7 Å². The zero-order chi connectivity index (χ0) is 17.0. The van der Waals surface area contributed by atoms with Gasteiger partial charge in [-0.2, -0.15) is 0 Å². The van der Waals surface area contributed by atoms with Gasteiger partial charge in [-0.15, -0.1) is 0 Å². The number of halogens is 2. The average Bonchev–Trinajstić information content (AvgIpc) is 3.17. The third kappa shape index (κ3) is 3.07. The predicted octanol–water partition coefficient (Wildman–Crippen LogP) is 0.436. The van der Waals surface area contributed by atoms with Crippen LogP contribution in [0.1, 0.15) is 42.0 Å². The van der Waals surface area contributed by atoms with Crippen LogP contribution in [0.5, 0.6) is 0 Å². The third-order valence-corrected chi connectivity index (χ3v) is 13.5. The second-order valence-electron chi connectivity index (χ2n) is 7.86. The van der Waals surface area contributed by atoms with Crippen molar-refractivity contribution in [3.8, 4) is 11.1 Å². The Kier molecular flexibility index (Phi) is 6.30. The van der Waals surface area contributed by atoms with Crippen LogP contribution in [-0.4, -0.2) is 8.07 Å². The maximum absolute atomic E-state index is 2.47.